The Balaban J connectivity index is 2.18. The highest BCUT2D eigenvalue weighted by Gasteiger charge is 2.41. The predicted molar refractivity (Wildman–Crippen MR) is 92.5 cm³/mol. The highest BCUT2D eigenvalue weighted by Crippen LogP contribution is 2.42. The van der Waals surface area contributed by atoms with Gasteiger partial charge in [0.2, 0.25) is 0 Å². The van der Waals surface area contributed by atoms with Gasteiger partial charge >= 0.3 is 12.3 Å². The molecule has 2 rings (SSSR count). The van der Waals surface area contributed by atoms with E-state index in [1.165, 1.54) is 4.90 Å². The summed E-state index contributed by atoms with van der Waals surface area (Å²) in [6.07, 6.45) is -5.19. The number of hydrogen-bond acceptors (Lipinski definition) is 5. The van der Waals surface area contributed by atoms with Crippen LogP contribution in [0, 0.1) is 15.9 Å². The Bertz CT molecular complexity index is 754. The lowest BCUT2D eigenvalue weighted by Crippen LogP contribution is -2.44. The summed E-state index contributed by atoms with van der Waals surface area (Å²) in [6.45, 7) is 5.51. The maximum absolute atomic E-state index is 13.8. The largest absolute Gasteiger partial charge is 0.444 e. The van der Waals surface area contributed by atoms with Crippen molar-refractivity contribution in [3.05, 3.63) is 33.6 Å². The number of hydrogen-bond donors (Lipinski definition) is 1. The van der Waals surface area contributed by atoms with E-state index >= 15 is 0 Å². The molecule has 7 nitrogen and oxygen atoms in total. The quantitative estimate of drug-likeness (QED) is 0.451. The Morgan fingerprint density at radius 1 is 1.25 bits per heavy atom. The number of carbonyl (C=O) groups excluding carboxylic acids is 1. The molecule has 0 aliphatic carbocycles. The number of nitrogens with one attached hydrogen (secondary N) is 1. The fourth-order valence-electron chi connectivity index (χ4n) is 2.88. The van der Waals surface area contributed by atoms with Crippen molar-refractivity contribution in [1.82, 2.24) is 4.90 Å². The molecule has 1 heterocycles. The number of halogens is 4. The SMILES string of the molecule is CC(C)(C)OC(=O)N1CCC(Nc2c([N+](=O)[O-])ccc(F)c2C(F)(F)F)CC1. The first kappa shape index (κ1) is 21.7. The average Bonchev–Trinajstić information content (AvgIpc) is 2.52. The first-order valence-electron chi connectivity index (χ1n) is 8.58. The molecular formula is C17H21F4N3O4. The van der Waals surface area contributed by atoms with Crippen LogP contribution in [-0.2, 0) is 10.9 Å². The molecule has 0 spiro atoms. The van der Waals surface area contributed by atoms with Crippen LogP contribution in [0.1, 0.15) is 39.2 Å². The van der Waals surface area contributed by atoms with Crippen LogP contribution >= 0.6 is 0 Å². The number of nitro benzene ring substituents is 1. The zero-order valence-electron chi connectivity index (χ0n) is 15.6. The molecule has 0 atom stereocenters. The maximum atomic E-state index is 13.8. The van der Waals surface area contributed by atoms with Crippen LogP contribution in [0.25, 0.3) is 0 Å². The molecule has 1 fully saturated rings. The summed E-state index contributed by atoms with van der Waals surface area (Å²) in [5.41, 5.74) is -4.14. The highest BCUT2D eigenvalue weighted by atomic mass is 19.4. The van der Waals surface area contributed by atoms with Gasteiger partial charge in [0.25, 0.3) is 5.69 Å². The zero-order chi connectivity index (χ0) is 21.3. The van der Waals surface area contributed by atoms with E-state index in [2.05, 4.69) is 5.32 Å². The Kier molecular flexibility index (Phi) is 6.05. The second-order valence-corrected chi connectivity index (χ2v) is 7.46. The number of nitrogens with zero attached hydrogens (tertiary/aromatic N) is 2. The first-order valence-corrected chi connectivity index (χ1v) is 8.58. The summed E-state index contributed by atoms with van der Waals surface area (Å²) in [7, 11) is 0. The van der Waals surface area contributed by atoms with Crippen LogP contribution < -0.4 is 5.32 Å². The molecule has 11 heteroatoms. The monoisotopic (exact) mass is 407 g/mol. The Labute approximate surface area is 158 Å². The van der Waals surface area contributed by atoms with Crippen LogP contribution in [0.15, 0.2) is 12.1 Å². The number of alkyl halides is 3. The van der Waals surface area contributed by atoms with E-state index in [0.29, 0.717) is 12.1 Å². The molecule has 1 saturated heterocycles. The Morgan fingerprint density at radius 2 is 1.82 bits per heavy atom. The standard InChI is InChI=1S/C17H21F4N3O4/c1-16(2,3)28-15(25)23-8-6-10(7-9-23)22-14-12(24(26)27)5-4-11(18)13(14)17(19,20)21/h4-5,10,22H,6-9H2,1-3H3. The van der Waals surface area contributed by atoms with E-state index < -0.39 is 51.6 Å². The van der Waals surface area contributed by atoms with Gasteiger partial charge in [-0.1, -0.05) is 0 Å². The van der Waals surface area contributed by atoms with Crippen molar-refractivity contribution in [1.29, 1.82) is 0 Å². The normalized spacial score (nSPS) is 16.0. The van der Waals surface area contributed by atoms with Crippen molar-refractivity contribution in [2.75, 3.05) is 18.4 Å². The second-order valence-electron chi connectivity index (χ2n) is 7.46. The minimum atomic E-state index is -5.10. The fraction of sp³-hybridized carbons (Fsp3) is 0.588. The fourth-order valence-corrected chi connectivity index (χ4v) is 2.88. The number of likely N-dealkylation sites (tertiary alicyclic amines) is 1. The van der Waals surface area contributed by atoms with Crippen molar-refractivity contribution in [2.45, 2.75) is 51.4 Å². The predicted octanol–water partition coefficient (Wildman–Crippen LogP) is 4.56. The molecule has 0 saturated carbocycles. The van der Waals surface area contributed by atoms with Gasteiger partial charge < -0.3 is 15.0 Å². The molecule has 0 radical (unpaired) electrons. The van der Waals surface area contributed by atoms with Gasteiger partial charge in [-0.05, 0) is 39.7 Å². The van der Waals surface area contributed by atoms with Gasteiger partial charge in [0.15, 0.2) is 0 Å². The van der Waals surface area contributed by atoms with E-state index in [1.807, 2.05) is 0 Å². The number of carbonyl (C=O) groups is 1. The summed E-state index contributed by atoms with van der Waals surface area (Å²) in [5, 5.41) is 13.6. The summed E-state index contributed by atoms with van der Waals surface area (Å²) < 4.78 is 58.8. The van der Waals surface area contributed by atoms with Gasteiger partial charge in [0.05, 0.1) is 4.92 Å². The lowest BCUT2D eigenvalue weighted by molar-refractivity contribution is -0.384. The van der Waals surface area contributed by atoms with Gasteiger partial charge in [0.1, 0.15) is 22.7 Å². The maximum Gasteiger partial charge on any atom is 0.421 e. The number of nitro groups is 1. The third-order valence-corrected chi connectivity index (χ3v) is 4.11. The molecule has 28 heavy (non-hydrogen) atoms. The third-order valence-electron chi connectivity index (χ3n) is 4.11. The third kappa shape index (κ3) is 5.23. The van der Waals surface area contributed by atoms with E-state index in [9.17, 15) is 32.5 Å². The number of benzene rings is 1. The van der Waals surface area contributed by atoms with Gasteiger partial charge in [-0.2, -0.15) is 13.2 Å². The first-order chi connectivity index (χ1) is 12.8. The number of anilines is 1. The number of piperidine rings is 1. The minimum absolute atomic E-state index is 0.192. The molecule has 156 valence electrons. The van der Waals surface area contributed by atoms with Crippen LogP contribution in [0.3, 0.4) is 0 Å². The number of amides is 1. The smallest absolute Gasteiger partial charge is 0.421 e. The molecule has 1 aromatic carbocycles. The van der Waals surface area contributed by atoms with Crippen LogP contribution in [0.5, 0.6) is 0 Å². The molecular weight excluding hydrogens is 386 g/mol. The highest BCUT2D eigenvalue weighted by molar-refractivity contribution is 5.69. The van der Waals surface area contributed by atoms with Crippen molar-refractivity contribution in [3.8, 4) is 0 Å². The summed E-state index contributed by atoms with van der Waals surface area (Å²) in [5.74, 6) is -1.59. The molecule has 1 aliphatic heterocycles. The number of rotatable bonds is 3. The molecule has 1 amide bonds. The van der Waals surface area contributed by atoms with Crippen molar-refractivity contribution in [2.24, 2.45) is 0 Å². The molecule has 1 N–H and O–H groups in total. The lowest BCUT2D eigenvalue weighted by Gasteiger charge is -2.34. The molecule has 0 unspecified atom stereocenters. The minimum Gasteiger partial charge on any atom is -0.444 e. The van der Waals surface area contributed by atoms with E-state index in [4.69, 9.17) is 4.74 Å². The van der Waals surface area contributed by atoms with Crippen molar-refractivity contribution < 1.29 is 32.0 Å². The molecule has 1 aliphatic rings. The molecule has 0 aromatic heterocycles. The summed E-state index contributed by atoms with van der Waals surface area (Å²) in [6, 6.07) is 0.528. The number of ether oxygens (including phenoxy) is 1. The van der Waals surface area contributed by atoms with Crippen molar-refractivity contribution in [3.63, 3.8) is 0 Å². The van der Waals surface area contributed by atoms with E-state index in [-0.39, 0.29) is 25.9 Å². The van der Waals surface area contributed by atoms with Crippen LogP contribution in [0.4, 0.5) is 33.7 Å². The van der Waals surface area contributed by atoms with Gasteiger partial charge in [-0.3, -0.25) is 10.1 Å². The van der Waals surface area contributed by atoms with E-state index in [0.717, 1.165) is 0 Å². The van der Waals surface area contributed by atoms with Gasteiger partial charge in [-0.25, -0.2) is 9.18 Å². The lowest BCUT2D eigenvalue weighted by atomic mass is 10.0. The summed E-state index contributed by atoms with van der Waals surface area (Å²) >= 11 is 0. The average molecular weight is 407 g/mol. The van der Waals surface area contributed by atoms with Crippen molar-refractivity contribution >= 4 is 17.5 Å². The molecule has 1 aromatic rings. The zero-order valence-corrected chi connectivity index (χ0v) is 15.6. The van der Waals surface area contributed by atoms with E-state index in [1.54, 1.807) is 20.8 Å². The topological polar surface area (TPSA) is 84.7 Å². The molecule has 0 bridgehead atoms. The second kappa shape index (κ2) is 7.80. The van der Waals surface area contributed by atoms with Gasteiger partial charge in [0, 0.05) is 25.2 Å². The van der Waals surface area contributed by atoms with Crippen LogP contribution in [0.2, 0.25) is 0 Å². The van der Waals surface area contributed by atoms with Gasteiger partial charge in [-0.15, -0.1) is 0 Å². The summed E-state index contributed by atoms with van der Waals surface area (Å²) in [4.78, 5) is 23.6. The Morgan fingerprint density at radius 3 is 2.29 bits per heavy atom. The van der Waals surface area contributed by atoms with Crippen LogP contribution in [-0.4, -0.2) is 40.6 Å². The Hall–Kier alpha value is -2.59.